The van der Waals surface area contributed by atoms with Gasteiger partial charge in [-0.25, -0.2) is 9.79 Å². The topological polar surface area (TPSA) is 29.4 Å². The molecule has 0 amide bonds. The van der Waals surface area contributed by atoms with E-state index in [1.807, 2.05) is 18.2 Å². The summed E-state index contributed by atoms with van der Waals surface area (Å²) in [6.45, 7) is 0.560. The van der Waals surface area contributed by atoms with Crippen LogP contribution in [0.5, 0.6) is 0 Å². The zero-order chi connectivity index (χ0) is 9.52. The Balaban J connectivity index is 2.45. The van der Waals surface area contributed by atoms with E-state index in [1.54, 1.807) is 0 Å². The van der Waals surface area contributed by atoms with E-state index in [0.29, 0.717) is 6.54 Å². The van der Waals surface area contributed by atoms with Gasteiger partial charge in [0.2, 0.25) is 6.08 Å². The van der Waals surface area contributed by atoms with E-state index < -0.39 is 0 Å². The predicted octanol–water partition coefficient (Wildman–Crippen LogP) is 2.72. The molecule has 0 unspecified atom stereocenters. The SMILES string of the molecule is O=C=NCCCc1ccccc1Br. The lowest BCUT2D eigenvalue weighted by Gasteiger charge is -2.01. The fourth-order valence-electron chi connectivity index (χ4n) is 1.10. The normalized spacial score (nSPS) is 9.31. The third-order valence-electron chi connectivity index (χ3n) is 1.74. The van der Waals surface area contributed by atoms with Crippen molar-refractivity contribution in [1.82, 2.24) is 0 Å². The molecule has 0 aliphatic carbocycles. The fourth-order valence-corrected chi connectivity index (χ4v) is 1.58. The van der Waals surface area contributed by atoms with Gasteiger partial charge in [-0.3, -0.25) is 0 Å². The monoisotopic (exact) mass is 239 g/mol. The van der Waals surface area contributed by atoms with Gasteiger partial charge in [0.25, 0.3) is 0 Å². The molecule has 3 heteroatoms. The van der Waals surface area contributed by atoms with Crippen molar-refractivity contribution in [1.29, 1.82) is 0 Å². The van der Waals surface area contributed by atoms with E-state index in [0.717, 1.165) is 17.3 Å². The number of aliphatic imine (C=N–C) groups is 1. The predicted molar refractivity (Wildman–Crippen MR) is 55.5 cm³/mol. The first kappa shape index (κ1) is 10.2. The Morgan fingerprint density at radius 1 is 1.38 bits per heavy atom. The smallest absolute Gasteiger partial charge is 0.211 e. The highest BCUT2D eigenvalue weighted by Crippen LogP contribution is 2.17. The van der Waals surface area contributed by atoms with Crippen molar-refractivity contribution in [3.05, 3.63) is 34.3 Å². The molecule has 13 heavy (non-hydrogen) atoms. The number of aryl methyl sites for hydroxylation is 1. The molecule has 0 atom stereocenters. The van der Waals surface area contributed by atoms with E-state index in [4.69, 9.17) is 0 Å². The van der Waals surface area contributed by atoms with Gasteiger partial charge in [0, 0.05) is 4.47 Å². The number of halogens is 1. The Bertz CT molecular complexity index is 318. The average Bonchev–Trinajstić information content (AvgIpc) is 2.15. The minimum absolute atomic E-state index is 0.560. The van der Waals surface area contributed by atoms with Crippen molar-refractivity contribution in [3.63, 3.8) is 0 Å². The number of nitrogens with zero attached hydrogens (tertiary/aromatic N) is 1. The van der Waals surface area contributed by atoms with Crippen LogP contribution in [0.4, 0.5) is 0 Å². The molecule has 0 aromatic heterocycles. The molecule has 1 aromatic carbocycles. The van der Waals surface area contributed by atoms with E-state index in [9.17, 15) is 4.79 Å². The average molecular weight is 240 g/mol. The highest BCUT2D eigenvalue weighted by molar-refractivity contribution is 9.10. The van der Waals surface area contributed by atoms with E-state index in [2.05, 4.69) is 27.0 Å². The van der Waals surface area contributed by atoms with Crippen LogP contribution >= 0.6 is 15.9 Å². The maximum Gasteiger partial charge on any atom is 0.234 e. The number of hydrogen-bond acceptors (Lipinski definition) is 2. The summed E-state index contributed by atoms with van der Waals surface area (Å²) in [6.07, 6.45) is 3.36. The second-order valence-corrected chi connectivity index (χ2v) is 3.52. The van der Waals surface area contributed by atoms with Gasteiger partial charge in [0.05, 0.1) is 6.54 Å². The third-order valence-corrected chi connectivity index (χ3v) is 2.51. The minimum atomic E-state index is 0.560. The molecule has 0 aliphatic rings. The van der Waals surface area contributed by atoms with Gasteiger partial charge >= 0.3 is 0 Å². The molecular formula is C10H10BrNO. The summed E-state index contributed by atoms with van der Waals surface area (Å²) in [5.74, 6) is 0. The van der Waals surface area contributed by atoms with Crippen LogP contribution < -0.4 is 0 Å². The third kappa shape index (κ3) is 3.53. The second kappa shape index (κ2) is 5.68. The molecule has 0 saturated heterocycles. The first-order valence-electron chi connectivity index (χ1n) is 4.11. The lowest BCUT2D eigenvalue weighted by molar-refractivity contribution is 0.562. The van der Waals surface area contributed by atoms with E-state index in [-0.39, 0.29) is 0 Å². The minimum Gasteiger partial charge on any atom is -0.211 e. The van der Waals surface area contributed by atoms with Crippen LogP contribution in [0.3, 0.4) is 0 Å². The van der Waals surface area contributed by atoms with Gasteiger partial charge in [0.15, 0.2) is 0 Å². The molecule has 1 aromatic rings. The lowest BCUT2D eigenvalue weighted by Crippen LogP contribution is -1.89. The molecule has 0 heterocycles. The zero-order valence-corrected chi connectivity index (χ0v) is 8.75. The van der Waals surface area contributed by atoms with Crippen LogP contribution in [-0.4, -0.2) is 12.6 Å². The molecule has 68 valence electrons. The van der Waals surface area contributed by atoms with Crippen molar-refractivity contribution < 1.29 is 4.79 Å². The van der Waals surface area contributed by atoms with Crippen LogP contribution in [0.25, 0.3) is 0 Å². The lowest BCUT2D eigenvalue weighted by atomic mass is 10.1. The number of benzene rings is 1. The summed E-state index contributed by atoms with van der Waals surface area (Å²) in [4.78, 5) is 13.3. The van der Waals surface area contributed by atoms with Crippen LogP contribution in [0.15, 0.2) is 33.7 Å². The van der Waals surface area contributed by atoms with Crippen LogP contribution in [0.2, 0.25) is 0 Å². The molecule has 0 spiro atoms. The Hall–Kier alpha value is -0.920. The summed E-state index contributed by atoms with van der Waals surface area (Å²) in [5.41, 5.74) is 1.25. The Kier molecular flexibility index (Phi) is 4.44. The van der Waals surface area contributed by atoms with Crippen LogP contribution in [0.1, 0.15) is 12.0 Å². The highest BCUT2D eigenvalue weighted by Gasteiger charge is 1.96. The summed E-state index contributed by atoms with van der Waals surface area (Å²) in [5, 5.41) is 0. The quantitative estimate of drug-likeness (QED) is 0.452. The van der Waals surface area contributed by atoms with Crippen LogP contribution in [-0.2, 0) is 11.2 Å². The van der Waals surface area contributed by atoms with Gasteiger partial charge in [0.1, 0.15) is 0 Å². The Labute approximate surface area is 85.8 Å². The summed E-state index contributed by atoms with van der Waals surface area (Å²) < 4.78 is 1.12. The number of rotatable bonds is 4. The molecule has 2 nitrogen and oxygen atoms in total. The molecule has 0 aliphatic heterocycles. The largest absolute Gasteiger partial charge is 0.234 e. The zero-order valence-electron chi connectivity index (χ0n) is 7.16. The fraction of sp³-hybridized carbons (Fsp3) is 0.300. The highest BCUT2D eigenvalue weighted by atomic mass is 79.9. The number of carbonyl (C=O) groups excluding carboxylic acids is 1. The maximum absolute atomic E-state index is 9.78. The van der Waals surface area contributed by atoms with Crippen molar-refractivity contribution in [2.24, 2.45) is 4.99 Å². The molecular weight excluding hydrogens is 230 g/mol. The molecule has 0 fully saturated rings. The second-order valence-electron chi connectivity index (χ2n) is 2.67. The standard InChI is InChI=1S/C10H10BrNO/c11-10-6-2-1-4-9(10)5-3-7-12-8-13/h1-2,4,6H,3,5,7H2. The van der Waals surface area contributed by atoms with Gasteiger partial charge in [-0.1, -0.05) is 34.1 Å². The molecule has 1 rings (SSSR count). The Morgan fingerprint density at radius 3 is 2.85 bits per heavy atom. The summed E-state index contributed by atoms with van der Waals surface area (Å²) in [7, 11) is 0. The molecule has 0 bridgehead atoms. The van der Waals surface area contributed by atoms with Gasteiger partial charge in [-0.2, -0.15) is 0 Å². The van der Waals surface area contributed by atoms with Gasteiger partial charge < -0.3 is 0 Å². The van der Waals surface area contributed by atoms with E-state index in [1.165, 1.54) is 11.6 Å². The van der Waals surface area contributed by atoms with Gasteiger partial charge in [-0.15, -0.1) is 0 Å². The van der Waals surface area contributed by atoms with E-state index >= 15 is 0 Å². The number of hydrogen-bond donors (Lipinski definition) is 0. The molecule has 0 N–H and O–H groups in total. The summed E-state index contributed by atoms with van der Waals surface area (Å²) in [6, 6.07) is 8.06. The first-order valence-corrected chi connectivity index (χ1v) is 4.91. The Morgan fingerprint density at radius 2 is 2.15 bits per heavy atom. The van der Waals surface area contributed by atoms with Gasteiger partial charge in [-0.05, 0) is 24.5 Å². The molecule has 0 saturated carbocycles. The van der Waals surface area contributed by atoms with Crippen molar-refractivity contribution in [3.8, 4) is 0 Å². The van der Waals surface area contributed by atoms with Crippen molar-refractivity contribution in [2.75, 3.05) is 6.54 Å². The summed E-state index contributed by atoms with van der Waals surface area (Å²) >= 11 is 3.46. The first-order chi connectivity index (χ1) is 6.34. The maximum atomic E-state index is 9.78. The van der Waals surface area contributed by atoms with Crippen molar-refractivity contribution >= 4 is 22.0 Å². The molecule has 0 radical (unpaired) electrons. The van der Waals surface area contributed by atoms with Crippen molar-refractivity contribution in [2.45, 2.75) is 12.8 Å². The van der Waals surface area contributed by atoms with Crippen LogP contribution in [0, 0.1) is 0 Å². The number of isocyanates is 1.